The maximum Gasteiger partial charge on any atom is 0.328 e. The highest BCUT2D eigenvalue weighted by molar-refractivity contribution is 6.35. The quantitative estimate of drug-likeness (QED) is 0.588. The summed E-state index contributed by atoms with van der Waals surface area (Å²) in [5, 5.41) is 11.7. The molecule has 1 rings (SSSR count). The van der Waals surface area contributed by atoms with E-state index < -0.39 is 23.7 Å². The zero-order valence-electron chi connectivity index (χ0n) is 9.62. The number of urea groups is 1. The molecule has 9 heteroatoms. The predicted molar refractivity (Wildman–Crippen MR) is 70.4 cm³/mol. The van der Waals surface area contributed by atoms with Gasteiger partial charge in [0.25, 0.3) is 5.91 Å². The molecule has 0 radical (unpaired) electrons. The Morgan fingerprint density at radius 1 is 1.15 bits per heavy atom. The highest BCUT2D eigenvalue weighted by atomic mass is 35.5. The Hall–Kier alpha value is -2.12. The zero-order chi connectivity index (χ0) is 15.3. The Bertz CT molecular complexity index is 581. The average Bonchev–Trinajstić information content (AvgIpc) is 2.33. The second-order valence-electron chi connectivity index (χ2n) is 3.37. The van der Waals surface area contributed by atoms with Crippen molar-refractivity contribution in [2.75, 3.05) is 5.32 Å². The number of anilines is 1. The van der Waals surface area contributed by atoms with E-state index in [2.05, 4.69) is 5.32 Å². The van der Waals surface area contributed by atoms with Crippen molar-refractivity contribution in [3.05, 3.63) is 40.1 Å². The van der Waals surface area contributed by atoms with Gasteiger partial charge < -0.3 is 10.4 Å². The minimum absolute atomic E-state index is 0.0638. The van der Waals surface area contributed by atoms with Crippen LogP contribution in [-0.4, -0.2) is 23.0 Å². The smallest absolute Gasteiger partial charge is 0.328 e. The Labute approximate surface area is 122 Å². The fourth-order valence-electron chi connectivity index (χ4n) is 1.09. The molecule has 6 nitrogen and oxygen atoms in total. The van der Waals surface area contributed by atoms with Gasteiger partial charge in [0, 0.05) is 17.8 Å². The van der Waals surface area contributed by atoms with Crippen LogP contribution in [0.3, 0.4) is 0 Å². The lowest BCUT2D eigenvalue weighted by atomic mass is 10.3. The summed E-state index contributed by atoms with van der Waals surface area (Å²) in [7, 11) is 0. The van der Waals surface area contributed by atoms with Gasteiger partial charge in [-0.15, -0.1) is 0 Å². The summed E-state index contributed by atoms with van der Waals surface area (Å²) >= 11 is 11.0. The van der Waals surface area contributed by atoms with Gasteiger partial charge in [0.15, 0.2) is 5.82 Å². The predicted octanol–water partition coefficient (Wildman–Crippen LogP) is 2.42. The molecule has 0 unspecified atom stereocenters. The van der Waals surface area contributed by atoms with Crippen LogP contribution in [0.25, 0.3) is 0 Å². The van der Waals surface area contributed by atoms with Gasteiger partial charge in [-0.3, -0.25) is 10.1 Å². The van der Waals surface area contributed by atoms with Crippen molar-refractivity contribution in [3.8, 4) is 0 Å². The van der Waals surface area contributed by atoms with Gasteiger partial charge in [-0.05, 0) is 12.1 Å². The lowest BCUT2D eigenvalue weighted by Gasteiger charge is -2.07. The maximum absolute atomic E-state index is 13.1. The first-order valence-electron chi connectivity index (χ1n) is 4.97. The van der Waals surface area contributed by atoms with Crippen molar-refractivity contribution in [2.45, 2.75) is 0 Å². The van der Waals surface area contributed by atoms with Gasteiger partial charge >= 0.3 is 12.0 Å². The van der Waals surface area contributed by atoms with Crippen LogP contribution >= 0.6 is 23.2 Å². The number of hydrogen-bond acceptors (Lipinski definition) is 3. The Kier molecular flexibility index (Phi) is 5.48. The van der Waals surface area contributed by atoms with Gasteiger partial charge in [-0.25, -0.2) is 14.0 Å². The molecule has 0 bridgehead atoms. The summed E-state index contributed by atoms with van der Waals surface area (Å²) in [5.74, 6) is -3.11. The molecule has 1 aromatic carbocycles. The number of carboxylic acid groups (broad SMARTS) is 1. The van der Waals surface area contributed by atoms with Crippen LogP contribution in [0.4, 0.5) is 14.9 Å². The summed E-state index contributed by atoms with van der Waals surface area (Å²) in [4.78, 5) is 32.6. The Morgan fingerprint density at radius 2 is 1.70 bits per heavy atom. The van der Waals surface area contributed by atoms with E-state index in [-0.39, 0.29) is 15.7 Å². The Morgan fingerprint density at radius 3 is 2.20 bits per heavy atom. The van der Waals surface area contributed by atoms with E-state index >= 15 is 0 Å². The minimum atomic E-state index is -1.34. The van der Waals surface area contributed by atoms with Crippen molar-refractivity contribution in [1.82, 2.24) is 5.32 Å². The first-order valence-corrected chi connectivity index (χ1v) is 5.72. The molecule has 0 heterocycles. The molecule has 0 aliphatic carbocycles. The summed E-state index contributed by atoms with van der Waals surface area (Å²) in [6.07, 6.45) is 1.22. The monoisotopic (exact) mass is 320 g/mol. The Balaban J connectivity index is 2.68. The number of hydrogen-bond donors (Lipinski definition) is 3. The van der Waals surface area contributed by atoms with Gasteiger partial charge in [-0.1, -0.05) is 23.2 Å². The van der Waals surface area contributed by atoms with Crippen molar-refractivity contribution < 1.29 is 23.9 Å². The number of carboxylic acids is 1. The number of benzene rings is 1. The molecule has 20 heavy (non-hydrogen) atoms. The van der Waals surface area contributed by atoms with Crippen molar-refractivity contribution in [1.29, 1.82) is 0 Å². The van der Waals surface area contributed by atoms with E-state index in [1.807, 2.05) is 5.32 Å². The summed E-state index contributed by atoms with van der Waals surface area (Å²) in [5.41, 5.74) is 0.0638. The number of carbonyl (C=O) groups excluding carboxylic acids is 2. The second-order valence-corrected chi connectivity index (χ2v) is 4.18. The number of nitrogens with one attached hydrogen (secondary N) is 2. The zero-order valence-corrected chi connectivity index (χ0v) is 11.1. The molecule has 106 valence electrons. The highest BCUT2D eigenvalue weighted by Crippen LogP contribution is 2.27. The van der Waals surface area contributed by atoms with E-state index in [1.54, 1.807) is 0 Å². The van der Waals surface area contributed by atoms with E-state index in [0.717, 1.165) is 12.1 Å². The van der Waals surface area contributed by atoms with Gasteiger partial charge in [0.2, 0.25) is 0 Å². The lowest BCUT2D eigenvalue weighted by molar-refractivity contribution is -0.131. The normalized spacial score (nSPS) is 10.3. The fourth-order valence-corrected chi connectivity index (χ4v) is 1.58. The lowest BCUT2D eigenvalue weighted by Crippen LogP contribution is -2.33. The first kappa shape index (κ1) is 15.9. The van der Waals surface area contributed by atoms with Crippen LogP contribution in [0.1, 0.15) is 0 Å². The number of rotatable bonds is 3. The molecule has 0 atom stereocenters. The number of halogens is 3. The second kappa shape index (κ2) is 6.88. The van der Waals surface area contributed by atoms with E-state index in [9.17, 15) is 18.8 Å². The number of imide groups is 1. The summed E-state index contributed by atoms with van der Waals surface area (Å²) < 4.78 is 13.1. The molecule has 1 aromatic rings. The van der Waals surface area contributed by atoms with E-state index in [1.165, 1.54) is 0 Å². The van der Waals surface area contributed by atoms with Crippen LogP contribution < -0.4 is 10.6 Å². The molecule has 3 N–H and O–H groups in total. The fraction of sp³-hybridized carbons (Fsp3) is 0. The topological polar surface area (TPSA) is 95.5 Å². The molecule has 0 fully saturated rings. The van der Waals surface area contributed by atoms with Crippen LogP contribution in [0.5, 0.6) is 0 Å². The third-order valence-electron chi connectivity index (χ3n) is 1.86. The van der Waals surface area contributed by atoms with Gasteiger partial charge in [0.1, 0.15) is 0 Å². The molecule has 0 spiro atoms. The highest BCUT2D eigenvalue weighted by Gasteiger charge is 2.10. The standard InChI is InChI=1S/C11H7Cl2FN2O4/c12-6-3-5(4-7(13)10(6)14)15-11(20)16-8(17)1-2-9(18)19/h1-4H,(H,18,19)(H2,15,16,17,20)/b2-1+. The third kappa shape index (κ3) is 4.87. The molecule has 0 aliphatic rings. The molecular weight excluding hydrogens is 314 g/mol. The van der Waals surface area contributed by atoms with E-state index in [4.69, 9.17) is 28.3 Å². The molecule has 0 aromatic heterocycles. The van der Waals surface area contributed by atoms with E-state index in [0.29, 0.717) is 12.2 Å². The van der Waals surface area contributed by atoms with Crippen molar-refractivity contribution in [3.63, 3.8) is 0 Å². The summed E-state index contributed by atoms with van der Waals surface area (Å²) in [6.45, 7) is 0. The molecule has 0 aliphatic heterocycles. The average molecular weight is 321 g/mol. The summed E-state index contributed by atoms with van der Waals surface area (Å²) in [6, 6.07) is 1.24. The maximum atomic E-state index is 13.1. The molecule has 3 amide bonds. The largest absolute Gasteiger partial charge is 0.478 e. The van der Waals surface area contributed by atoms with Crippen LogP contribution in [0.15, 0.2) is 24.3 Å². The number of aliphatic carboxylic acids is 1. The first-order chi connectivity index (χ1) is 9.29. The number of carbonyl (C=O) groups is 3. The van der Waals surface area contributed by atoms with Gasteiger partial charge in [-0.2, -0.15) is 0 Å². The van der Waals surface area contributed by atoms with Crippen molar-refractivity contribution >= 4 is 46.8 Å². The van der Waals surface area contributed by atoms with Crippen LogP contribution in [0.2, 0.25) is 10.0 Å². The molecule has 0 saturated heterocycles. The number of amides is 3. The third-order valence-corrected chi connectivity index (χ3v) is 2.41. The molecular formula is C11H7Cl2FN2O4. The molecule has 0 saturated carbocycles. The van der Waals surface area contributed by atoms with Gasteiger partial charge in [0.05, 0.1) is 10.0 Å². The van der Waals surface area contributed by atoms with Crippen LogP contribution in [-0.2, 0) is 9.59 Å². The van der Waals surface area contributed by atoms with Crippen LogP contribution in [0, 0.1) is 5.82 Å². The minimum Gasteiger partial charge on any atom is -0.478 e. The van der Waals surface area contributed by atoms with Crippen molar-refractivity contribution in [2.24, 2.45) is 0 Å². The SMILES string of the molecule is O=C(O)/C=C/C(=O)NC(=O)Nc1cc(Cl)c(F)c(Cl)c1.